The third-order valence-corrected chi connectivity index (χ3v) is 2.97. The predicted molar refractivity (Wildman–Crippen MR) is 70.9 cm³/mol. The van der Waals surface area contributed by atoms with E-state index in [0.717, 1.165) is 35.9 Å². The summed E-state index contributed by atoms with van der Waals surface area (Å²) in [6.07, 6.45) is 2.92. The molecule has 2 aromatic rings. The largest absolute Gasteiger partial charge is 0.317 e. The molecule has 1 aromatic carbocycles. The van der Waals surface area contributed by atoms with Crippen molar-refractivity contribution in [3.63, 3.8) is 0 Å². The second-order valence-electron chi connectivity index (χ2n) is 4.03. The average molecular weight is 229 g/mol. The summed E-state index contributed by atoms with van der Waals surface area (Å²) in [4.78, 5) is 9.08. The minimum atomic E-state index is 0.801. The molecule has 0 fully saturated rings. The minimum absolute atomic E-state index is 0.801. The predicted octanol–water partition coefficient (Wildman–Crippen LogP) is 2.54. The van der Waals surface area contributed by atoms with Crippen LogP contribution in [0.4, 0.5) is 0 Å². The smallest absolute Gasteiger partial charge is 0.138 e. The highest BCUT2D eigenvalue weighted by atomic mass is 15.0. The molecule has 0 aliphatic heterocycles. The van der Waals surface area contributed by atoms with Gasteiger partial charge in [-0.3, -0.25) is 4.99 Å². The molecule has 0 aliphatic carbocycles. The molecule has 1 heterocycles. The topological polar surface area (TPSA) is 30.2 Å². The van der Waals surface area contributed by atoms with E-state index in [4.69, 9.17) is 0 Å². The van der Waals surface area contributed by atoms with Gasteiger partial charge in [0, 0.05) is 18.5 Å². The first-order valence-corrected chi connectivity index (χ1v) is 6.28. The molecule has 3 nitrogen and oxygen atoms in total. The van der Waals surface area contributed by atoms with E-state index < -0.39 is 0 Å². The van der Waals surface area contributed by atoms with Gasteiger partial charge in [0.05, 0.1) is 11.8 Å². The van der Waals surface area contributed by atoms with Crippen LogP contribution >= 0.6 is 0 Å². The van der Waals surface area contributed by atoms with Crippen molar-refractivity contribution in [1.82, 2.24) is 9.55 Å². The standard InChI is InChI=1S/C14H19N3/c1-4-11-7-8-13-12(9-11)14(15-5-2)17(6-3)10-16-13/h7-10H,4-6H2,1-3H3. The lowest BCUT2D eigenvalue weighted by atomic mass is 10.1. The highest BCUT2D eigenvalue weighted by molar-refractivity contribution is 5.77. The number of aromatic nitrogens is 2. The summed E-state index contributed by atoms with van der Waals surface area (Å²) in [7, 11) is 0. The molecule has 2 rings (SSSR count). The van der Waals surface area contributed by atoms with Crippen LogP contribution in [-0.4, -0.2) is 16.1 Å². The summed E-state index contributed by atoms with van der Waals surface area (Å²) in [5.74, 6) is 0. The van der Waals surface area contributed by atoms with Crippen LogP contribution < -0.4 is 5.49 Å². The molecule has 0 saturated heterocycles. The molecule has 0 saturated carbocycles. The molecule has 0 atom stereocenters. The van der Waals surface area contributed by atoms with Gasteiger partial charge < -0.3 is 4.57 Å². The van der Waals surface area contributed by atoms with Gasteiger partial charge in [0.1, 0.15) is 5.49 Å². The third kappa shape index (κ3) is 2.23. The van der Waals surface area contributed by atoms with Gasteiger partial charge >= 0.3 is 0 Å². The van der Waals surface area contributed by atoms with Gasteiger partial charge in [0.2, 0.25) is 0 Å². The summed E-state index contributed by atoms with van der Waals surface area (Å²) in [5.41, 5.74) is 3.41. The second kappa shape index (κ2) is 5.13. The maximum atomic E-state index is 4.60. The number of hydrogen-bond donors (Lipinski definition) is 0. The Labute approximate surface area is 102 Å². The van der Waals surface area contributed by atoms with Crippen molar-refractivity contribution in [2.75, 3.05) is 6.54 Å². The molecule has 0 unspecified atom stereocenters. The SMILES string of the molecule is CCN=c1c2cc(CC)ccc2ncn1CC. The fraction of sp³-hybridized carbons (Fsp3) is 0.429. The maximum Gasteiger partial charge on any atom is 0.138 e. The van der Waals surface area contributed by atoms with Crippen molar-refractivity contribution in [3.05, 3.63) is 35.6 Å². The first kappa shape index (κ1) is 11.8. The zero-order valence-corrected chi connectivity index (χ0v) is 10.8. The Morgan fingerprint density at radius 3 is 2.71 bits per heavy atom. The molecule has 0 radical (unpaired) electrons. The first-order valence-electron chi connectivity index (χ1n) is 6.28. The minimum Gasteiger partial charge on any atom is -0.317 e. The molecule has 3 heteroatoms. The normalized spacial score (nSPS) is 12.3. The fourth-order valence-corrected chi connectivity index (χ4v) is 1.99. The van der Waals surface area contributed by atoms with Crippen molar-refractivity contribution < 1.29 is 0 Å². The van der Waals surface area contributed by atoms with Gasteiger partial charge in [0.25, 0.3) is 0 Å². The lowest BCUT2D eigenvalue weighted by Gasteiger charge is -2.07. The van der Waals surface area contributed by atoms with E-state index in [0.29, 0.717) is 0 Å². The maximum absolute atomic E-state index is 4.60. The van der Waals surface area contributed by atoms with Crippen molar-refractivity contribution in [3.8, 4) is 0 Å². The zero-order chi connectivity index (χ0) is 12.3. The summed E-state index contributed by atoms with van der Waals surface area (Å²) in [6.45, 7) is 8.05. The number of rotatable bonds is 3. The Bertz CT molecular complexity index is 576. The second-order valence-corrected chi connectivity index (χ2v) is 4.03. The molecule has 17 heavy (non-hydrogen) atoms. The van der Waals surface area contributed by atoms with Crippen molar-refractivity contribution in [1.29, 1.82) is 0 Å². The molecular weight excluding hydrogens is 210 g/mol. The van der Waals surface area contributed by atoms with Crippen LogP contribution in [-0.2, 0) is 13.0 Å². The van der Waals surface area contributed by atoms with E-state index in [1.807, 2.05) is 6.33 Å². The number of aryl methyl sites for hydroxylation is 2. The average Bonchev–Trinajstić information content (AvgIpc) is 2.39. The summed E-state index contributed by atoms with van der Waals surface area (Å²) >= 11 is 0. The molecule has 0 amide bonds. The quantitative estimate of drug-likeness (QED) is 0.795. The molecule has 0 N–H and O–H groups in total. The van der Waals surface area contributed by atoms with E-state index in [1.54, 1.807) is 0 Å². The van der Waals surface area contributed by atoms with Gasteiger partial charge in [-0.05, 0) is 38.0 Å². The molecule has 0 bridgehead atoms. The highest BCUT2D eigenvalue weighted by Gasteiger charge is 2.02. The van der Waals surface area contributed by atoms with E-state index in [9.17, 15) is 0 Å². The van der Waals surface area contributed by atoms with E-state index >= 15 is 0 Å². The number of benzene rings is 1. The van der Waals surface area contributed by atoms with Crippen molar-refractivity contribution in [2.24, 2.45) is 4.99 Å². The Morgan fingerprint density at radius 2 is 2.06 bits per heavy atom. The van der Waals surface area contributed by atoms with Crippen LogP contribution in [0.2, 0.25) is 0 Å². The van der Waals surface area contributed by atoms with Gasteiger partial charge in [-0.2, -0.15) is 0 Å². The zero-order valence-electron chi connectivity index (χ0n) is 10.8. The Balaban J connectivity index is 2.82. The Kier molecular flexibility index (Phi) is 3.57. The van der Waals surface area contributed by atoms with Gasteiger partial charge in [0.15, 0.2) is 0 Å². The number of fused-ring (bicyclic) bond motifs is 1. The van der Waals surface area contributed by atoms with E-state index in [1.165, 1.54) is 5.56 Å². The van der Waals surface area contributed by atoms with Crippen molar-refractivity contribution >= 4 is 10.9 Å². The Hall–Kier alpha value is -1.64. The van der Waals surface area contributed by atoms with E-state index in [2.05, 4.69) is 53.5 Å². The van der Waals surface area contributed by atoms with Gasteiger partial charge in [-0.1, -0.05) is 13.0 Å². The van der Waals surface area contributed by atoms with Crippen LogP contribution in [0.15, 0.2) is 29.5 Å². The van der Waals surface area contributed by atoms with Crippen LogP contribution in [0.25, 0.3) is 10.9 Å². The number of nitrogens with zero attached hydrogens (tertiary/aromatic N) is 3. The highest BCUT2D eigenvalue weighted by Crippen LogP contribution is 2.10. The molecular formula is C14H19N3. The summed E-state index contributed by atoms with van der Waals surface area (Å²) in [6, 6.07) is 6.44. The molecule has 1 aromatic heterocycles. The molecule has 90 valence electrons. The van der Waals surface area contributed by atoms with E-state index in [-0.39, 0.29) is 0 Å². The number of hydrogen-bond acceptors (Lipinski definition) is 2. The first-order chi connectivity index (χ1) is 8.30. The molecule has 0 aliphatic rings. The van der Waals surface area contributed by atoms with Crippen LogP contribution in [0.1, 0.15) is 26.3 Å². The summed E-state index contributed by atoms with van der Waals surface area (Å²) < 4.78 is 2.10. The lowest BCUT2D eigenvalue weighted by Crippen LogP contribution is -2.22. The Morgan fingerprint density at radius 1 is 1.24 bits per heavy atom. The lowest BCUT2D eigenvalue weighted by molar-refractivity contribution is 0.695. The van der Waals surface area contributed by atoms with Gasteiger partial charge in [-0.15, -0.1) is 0 Å². The summed E-state index contributed by atoms with van der Waals surface area (Å²) in [5, 5.41) is 1.16. The third-order valence-electron chi connectivity index (χ3n) is 2.97. The monoisotopic (exact) mass is 229 g/mol. The molecule has 0 spiro atoms. The van der Waals surface area contributed by atoms with Crippen LogP contribution in [0.3, 0.4) is 0 Å². The van der Waals surface area contributed by atoms with Crippen molar-refractivity contribution in [2.45, 2.75) is 33.7 Å². The van der Waals surface area contributed by atoms with Crippen LogP contribution in [0, 0.1) is 0 Å². The fourth-order valence-electron chi connectivity index (χ4n) is 1.99. The van der Waals surface area contributed by atoms with Gasteiger partial charge in [-0.25, -0.2) is 4.98 Å². The van der Waals surface area contributed by atoms with Crippen LogP contribution in [0.5, 0.6) is 0 Å².